The summed E-state index contributed by atoms with van der Waals surface area (Å²) in [6.45, 7) is 4.95. The SMILES string of the molecule is CC(C)(Cc1csc([C@]2(C)C(=O)Nc3nc(-c4nn(Cc5ncccc5F)c5cc(Cl)ccc45)nc(N)c32)n1)C(=O)O. The quantitative estimate of drug-likeness (QED) is 0.239. The highest BCUT2D eigenvalue weighted by atomic mass is 35.5. The first-order valence-electron chi connectivity index (χ1n) is 12.8. The van der Waals surface area contributed by atoms with E-state index in [1.165, 1.54) is 29.7 Å². The van der Waals surface area contributed by atoms with E-state index >= 15 is 0 Å². The standard InChI is InChI=1S/C28H24ClFN8O3S/c1-27(2,26(40)41)10-14-12-42-25(33-14)28(3)19-21(31)34-23(35-22(19)36-24(28)39)20-15-7-6-13(29)9-18(15)38(37-20)11-17-16(30)5-4-8-32-17/h4-9,12H,10-11H2,1-3H3,(H,40,41)(H3,31,34,35,36,39)/t28-/m0/s1. The van der Waals surface area contributed by atoms with E-state index in [1.54, 1.807) is 49.0 Å². The van der Waals surface area contributed by atoms with E-state index in [0.29, 0.717) is 37.9 Å². The molecule has 1 aliphatic rings. The van der Waals surface area contributed by atoms with Crippen LogP contribution in [0.1, 0.15) is 42.7 Å². The Morgan fingerprint density at radius 3 is 2.79 bits per heavy atom. The van der Waals surface area contributed by atoms with Gasteiger partial charge in [0.2, 0.25) is 5.91 Å². The average molecular weight is 607 g/mol. The molecule has 0 aliphatic carbocycles. The number of amides is 1. The van der Waals surface area contributed by atoms with Gasteiger partial charge in [0.1, 0.15) is 33.6 Å². The number of nitrogens with one attached hydrogen (secondary N) is 1. The fourth-order valence-corrected chi connectivity index (χ4v) is 6.12. The molecule has 14 heteroatoms. The first kappa shape index (κ1) is 27.7. The van der Waals surface area contributed by atoms with Gasteiger partial charge in [-0.2, -0.15) is 5.10 Å². The molecule has 42 heavy (non-hydrogen) atoms. The van der Waals surface area contributed by atoms with Crippen molar-refractivity contribution in [3.8, 4) is 11.5 Å². The summed E-state index contributed by atoms with van der Waals surface area (Å²) in [6, 6.07) is 7.99. The van der Waals surface area contributed by atoms with Crippen molar-refractivity contribution in [1.29, 1.82) is 0 Å². The molecule has 6 rings (SSSR count). The average Bonchev–Trinajstić information content (AvgIpc) is 3.60. The minimum absolute atomic E-state index is 0.0316. The molecule has 1 aromatic carbocycles. The van der Waals surface area contributed by atoms with Crippen LogP contribution in [0.3, 0.4) is 0 Å². The van der Waals surface area contributed by atoms with E-state index in [9.17, 15) is 19.1 Å². The van der Waals surface area contributed by atoms with Gasteiger partial charge in [-0.1, -0.05) is 11.6 Å². The lowest BCUT2D eigenvalue weighted by Gasteiger charge is -2.20. The van der Waals surface area contributed by atoms with Crippen LogP contribution < -0.4 is 11.1 Å². The molecule has 0 spiro atoms. The molecule has 1 aliphatic heterocycles. The molecule has 11 nitrogen and oxygen atoms in total. The van der Waals surface area contributed by atoms with Gasteiger partial charge in [-0.15, -0.1) is 11.3 Å². The Balaban J connectivity index is 1.42. The number of pyridine rings is 1. The van der Waals surface area contributed by atoms with Crippen molar-refractivity contribution in [2.45, 2.75) is 39.2 Å². The van der Waals surface area contributed by atoms with E-state index in [1.807, 2.05) is 0 Å². The second kappa shape index (κ2) is 9.81. The Morgan fingerprint density at radius 2 is 2.05 bits per heavy atom. The summed E-state index contributed by atoms with van der Waals surface area (Å²) in [5.41, 5.74) is 6.27. The van der Waals surface area contributed by atoms with Crippen molar-refractivity contribution in [2.75, 3.05) is 11.1 Å². The van der Waals surface area contributed by atoms with E-state index in [2.05, 4.69) is 30.4 Å². The zero-order valence-corrected chi connectivity index (χ0v) is 24.2. The number of carboxylic acid groups (broad SMARTS) is 1. The smallest absolute Gasteiger partial charge is 0.309 e. The van der Waals surface area contributed by atoms with Crippen molar-refractivity contribution in [1.82, 2.24) is 29.7 Å². The summed E-state index contributed by atoms with van der Waals surface area (Å²) >= 11 is 7.52. The van der Waals surface area contributed by atoms with Crippen LogP contribution in [0.25, 0.3) is 22.4 Å². The van der Waals surface area contributed by atoms with E-state index in [0.717, 1.165) is 0 Å². The molecule has 0 saturated heterocycles. The van der Waals surface area contributed by atoms with Gasteiger partial charge in [-0.3, -0.25) is 19.3 Å². The lowest BCUT2D eigenvalue weighted by molar-refractivity contribution is -0.146. The first-order valence-corrected chi connectivity index (χ1v) is 14.1. The summed E-state index contributed by atoms with van der Waals surface area (Å²) in [5, 5.41) is 20.3. The Bertz CT molecular complexity index is 1920. The molecule has 0 fully saturated rings. The molecule has 1 atom stereocenters. The van der Waals surface area contributed by atoms with Crippen molar-refractivity contribution >= 4 is 57.4 Å². The number of rotatable bonds is 7. The number of hydrogen-bond donors (Lipinski definition) is 3. The minimum atomic E-state index is -1.29. The van der Waals surface area contributed by atoms with E-state index in [4.69, 9.17) is 17.3 Å². The molecule has 0 unspecified atom stereocenters. The van der Waals surface area contributed by atoms with Crippen LogP contribution in [0.5, 0.6) is 0 Å². The molecular weight excluding hydrogens is 583 g/mol. The third kappa shape index (κ3) is 4.45. The Kier molecular flexibility index (Phi) is 6.46. The topological polar surface area (TPSA) is 162 Å². The summed E-state index contributed by atoms with van der Waals surface area (Å²) < 4.78 is 16.0. The number of carboxylic acids is 1. The van der Waals surface area contributed by atoms with Gasteiger partial charge in [0.05, 0.1) is 34.4 Å². The lowest BCUT2D eigenvalue weighted by Crippen LogP contribution is -2.33. The van der Waals surface area contributed by atoms with Crippen LogP contribution in [-0.2, 0) is 28.0 Å². The normalized spacial score (nSPS) is 16.5. The monoisotopic (exact) mass is 606 g/mol. The number of nitrogens with zero attached hydrogens (tertiary/aromatic N) is 6. The number of aliphatic carboxylic acids is 1. The highest BCUT2D eigenvalue weighted by molar-refractivity contribution is 7.10. The van der Waals surface area contributed by atoms with Crippen molar-refractivity contribution in [2.24, 2.45) is 5.41 Å². The van der Waals surface area contributed by atoms with Gasteiger partial charge in [-0.05, 0) is 51.1 Å². The summed E-state index contributed by atoms with van der Waals surface area (Å²) in [4.78, 5) is 42.9. The lowest BCUT2D eigenvalue weighted by atomic mass is 9.85. The largest absolute Gasteiger partial charge is 0.481 e. The van der Waals surface area contributed by atoms with Crippen LogP contribution in [0.2, 0.25) is 5.02 Å². The summed E-state index contributed by atoms with van der Waals surface area (Å²) in [6.07, 6.45) is 1.69. The van der Waals surface area contributed by atoms with Gasteiger partial charge in [0.15, 0.2) is 5.82 Å². The second-order valence-electron chi connectivity index (χ2n) is 10.8. The van der Waals surface area contributed by atoms with Crippen LogP contribution in [0.4, 0.5) is 16.0 Å². The number of nitrogens with two attached hydrogens (primary N) is 1. The maximum Gasteiger partial charge on any atom is 0.309 e. The fourth-order valence-electron chi connectivity index (χ4n) is 4.97. The first-order chi connectivity index (χ1) is 19.9. The number of fused-ring (bicyclic) bond motifs is 2. The number of halogens is 2. The minimum Gasteiger partial charge on any atom is -0.481 e. The van der Waals surface area contributed by atoms with E-state index in [-0.39, 0.29) is 42.0 Å². The third-order valence-corrected chi connectivity index (χ3v) is 8.71. The summed E-state index contributed by atoms with van der Waals surface area (Å²) in [7, 11) is 0. The predicted octanol–water partition coefficient (Wildman–Crippen LogP) is 4.68. The zero-order valence-electron chi connectivity index (χ0n) is 22.6. The molecule has 0 saturated carbocycles. The Morgan fingerprint density at radius 1 is 1.26 bits per heavy atom. The number of hydrogen-bond acceptors (Lipinski definition) is 9. The van der Waals surface area contributed by atoms with Crippen LogP contribution in [0, 0.1) is 11.2 Å². The third-order valence-electron chi connectivity index (χ3n) is 7.36. The number of thiazole rings is 1. The maximum absolute atomic E-state index is 14.4. The highest BCUT2D eigenvalue weighted by Gasteiger charge is 2.50. The molecule has 214 valence electrons. The van der Waals surface area contributed by atoms with Gasteiger partial charge in [0.25, 0.3) is 0 Å². The molecule has 0 bridgehead atoms. The molecule has 4 N–H and O–H groups in total. The number of anilines is 2. The van der Waals surface area contributed by atoms with Crippen molar-refractivity contribution in [3.63, 3.8) is 0 Å². The number of carbonyl (C=O) groups excluding carboxylic acids is 1. The second-order valence-corrected chi connectivity index (χ2v) is 12.1. The van der Waals surface area contributed by atoms with Crippen LogP contribution in [0.15, 0.2) is 41.9 Å². The molecule has 0 radical (unpaired) electrons. The fraction of sp³-hybridized carbons (Fsp3) is 0.250. The number of nitrogen functional groups attached to an aromatic ring is 1. The van der Waals surface area contributed by atoms with Crippen LogP contribution in [-0.4, -0.2) is 46.7 Å². The van der Waals surface area contributed by atoms with Crippen molar-refractivity contribution in [3.05, 3.63) is 74.7 Å². The summed E-state index contributed by atoms with van der Waals surface area (Å²) in [5.74, 6) is -1.36. The highest BCUT2D eigenvalue weighted by Crippen LogP contribution is 2.46. The van der Waals surface area contributed by atoms with Crippen molar-refractivity contribution < 1.29 is 19.1 Å². The Hall–Kier alpha value is -4.49. The van der Waals surface area contributed by atoms with Gasteiger partial charge in [0, 0.05) is 28.4 Å². The zero-order chi connectivity index (χ0) is 30.0. The Labute approximate surface area is 247 Å². The molecule has 1 amide bonds. The number of carbonyl (C=O) groups is 2. The number of aromatic nitrogens is 6. The maximum atomic E-state index is 14.4. The van der Waals surface area contributed by atoms with Gasteiger partial charge < -0.3 is 16.2 Å². The van der Waals surface area contributed by atoms with Crippen LogP contribution >= 0.6 is 22.9 Å². The molecule has 4 aromatic heterocycles. The van der Waals surface area contributed by atoms with E-state index < -0.39 is 22.6 Å². The molecule has 5 aromatic rings. The van der Waals surface area contributed by atoms with Gasteiger partial charge >= 0.3 is 5.97 Å². The predicted molar refractivity (Wildman–Crippen MR) is 156 cm³/mol. The molecular formula is C28H24ClFN8O3S. The van der Waals surface area contributed by atoms with Gasteiger partial charge in [-0.25, -0.2) is 19.3 Å². The molecule has 5 heterocycles. The number of benzene rings is 1.